The Morgan fingerprint density at radius 1 is 1.24 bits per heavy atom. The van der Waals surface area contributed by atoms with E-state index in [9.17, 15) is 4.79 Å². The van der Waals surface area contributed by atoms with E-state index in [1.165, 1.54) is 0 Å². The van der Waals surface area contributed by atoms with Crippen molar-refractivity contribution in [1.82, 2.24) is 0 Å². The number of carbonyl (C=O) groups excluding carboxylic acids is 1. The molecule has 0 N–H and O–H groups in total. The minimum atomic E-state index is -0.521. The van der Waals surface area contributed by atoms with Crippen molar-refractivity contribution >= 4 is 5.78 Å². The van der Waals surface area contributed by atoms with Gasteiger partial charge in [-0.2, -0.15) is 0 Å². The number of allylic oxidation sites excluding steroid dienone is 3. The van der Waals surface area contributed by atoms with Crippen molar-refractivity contribution in [3.8, 4) is 0 Å². The van der Waals surface area contributed by atoms with Crippen LogP contribution in [0.1, 0.15) is 13.3 Å². The molecule has 1 heterocycles. The van der Waals surface area contributed by atoms with Gasteiger partial charge in [0.15, 0.2) is 11.6 Å². The van der Waals surface area contributed by atoms with Gasteiger partial charge in [-0.3, -0.25) is 4.79 Å². The molecular weight excluding hydrogens is 216 g/mol. The molecule has 2 fully saturated rings. The molecule has 5 rings (SSSR count). The molecular formula is C14H16O3. The largest absolute Gasteiger partial charge is 0.347 e. The second kappa shape index (κ2) is 2.90. The van der Waals surface area contributed by atoms with E-state index in [0.717, 1.165) is 6.42 Å². The van der Waals surface area contributed by atoms with Gasteiger partial charge in [-0.15, -0.1) is 0 Å². The first-order chi connectivity index (χ1) is 8.15. The van der Waals surface area contributed by atoms with E-state index in [4.69, 9.17) is 9.47 Å². The molecule has 0 aromatic heterocycles. The molecule has 3 nitrogen and oxygen atoms in total. The van der Waals surface area contributed by atoms with Gasteiger partial charge in [-0.1, -0.05) is 25.2 Å². The summed E-state index contributed by atoms with van der Waals surface area (Å²) in [5, 5.41) is 0. The van der Waals surface area contributed by atoms with Crippen molar-refractivity contribution < 1.29 is 14.3 Å². The Morgan fingerprint density at radius 3 is 2.76 bits per heavy atom. The van der Waals surface area contributed by atoms with Crippen LogP contribution in [0.5, 0.6) is 0 Å². The highest BCUT2D eigenvalue weighted by molar-refractivity contribution is 5.95. The van der Waals surface area contributed by atoms with E-state index < -0.39 is 5.79 Å². The number of hydrogen-bond acceptors (Lipinski definition) is 3. The highest BCUT2D eigenvalue weighted by Crippen LogP contribution is 2.61. The van der Waals surface area contributed by atoms with Crippen molar-refractivity contribution in [2.75, 3.05) is 13.2 Å². The van der Waals surface area contributed by atoms with E-state index in [1.54, 1.807) is 6.08 Å². The highest BCUT2D eigenvalue weighted by Gasteiger charge is 2.63. The van der Waals surface area contributed by atoms with Crippen LogP contribution in [0.25, 0.3) is 0 Å². The third-order valence-corrected chi connectivity index (χ3v) is 4.93. The Balaban J connectivity index is 1.85. The average Bonchev–Trinajstić information content (AvgIpc) is 2.89. The van der Waals surface area contributed by atoms with Crippen LogP contribution >= 0.6 is 0 Å². The van der Waals surface area contributed by atoms with Gasteiger partial charge in [0, 0.05) is 18.3 Å². The number of hydrogen-bond donors (Lipinski definition) is 0. The van der Waals surface area contributed by atoms with Gasteiger partial charge >= 0.3 is 0 Å². The summed E-state index contributed by atoms with van der Waals surface area (Å²) in [6.45, 7) is 3.52. The van der Waals surface area contributed by atoms with Crippen molar-refractivity contribution in [3.63, 3.8) is 0 Å². The summed E-state index contributed by atoms with van der Waals surface area (Å²) in [7, 11) is 0. The van der Waals surface area contributed by atoms with Crippen LogP contribution in [0, 0.1) is 23.2 Å². The lowest BCUT2D eigenvalue weighted by Crippen LogP contribution is -2.58. The summed E-state index contributed by atoms with van der Waals surface area (Å²) in [4.78, 5) is 12.0. The lowest BCUT2D eigenvalue weighted by atomic mass is 9.53. The maximum atomic E-state index is 12.0. The zero-order valence-corrected chi connectivity index (χ0v) is 9.89. The molecule has 4 aliphatic carbocycles. The van der Waals surface area contributed by atoms with Gasteiger partial charge < -0.3 is 9.47 Å². The summed E-state index contributed by atoms with van der Waals surface area (Å²) >= 11 is 0. The number of rotatable bonds is 0. The maximum Gasteiger partial charge on any atom is 0.176 e. The highest BCUT2D eigenvalue weighted by atomic mass is 16.7. The third-order valence-electron chi connectivity index (χ3n) is 4.93. The average molecular weight is 232 g/mol. The fourth-order valence-electron chi connectivity index (χ4n) is 4.20. The maximum absolute atomic E-state index is 12.0. The second-order valence-electron chi connectivity index (χ2n) is 5.89. The molecule has 0 radical (unpaired) electrons. The quantitative estimate of drug-likeness (QED) is 0.596. The zero-order valence-electron chi connectivity index (χ0n) is 9.89. The molecule has 90 valence electrons. The number of ketones is 1. The third kappa shape index (κ3) is 1.07. The Hall–Kier alpha value is -0.930. The van der Waals surface area contributed by atoms with Crippen LogP contribution in [0.3, 0.4) is 0 Å². The molecule has 17 heavy (non-hydrogen) atoms. The van der Waals surface area contributed by atoms with Crippen LogP contribution in [0.2, 0.25) is 0 Å². The molecule has 1 aliphatic heterocycles. The van der Waals surface area contributed by atoms with E-state index in [0.29, 0.717) is 19.1 Å². The standard InChI is InChI=1S/C14H16O3/c1-13-5-4-10(12-9(13)2-3-11(12)15)14(8-13)16-6-7-17-14/h2-5,9-10,12H,6-8H2,1H3. The van der Waals surface area contributed by atoms with Crippen LogP contribution in [-0.2, 0) is 14.3 Å². The van der Waals surface area contributed by atoms with Crippen LogP contribution in [0.15, 0.2) is 24.3 Å². The lowest BCUT2D eigenvalue weighted by molar-refractivity contribution is -0.242. The summed E-state index contributed by atoms with van der Waals surface area (Å²) in [6.07, 6.45) is 9.13. The first-order valence-electron chi connectivity index (χ1n) is 6.34. The van der Waals surface area contributed by atoms with Crippen molar-refractivity contribution in [3.05, 3.63) is 24.3 Å². The van der Waals surface area contributed by atoms with Gasteiger partial charge in [0.2, 0.25) is 0 Å². The Kier molecular flexibility index (Phi) is 1.71. The molecule has 1 spiro atoms. The summed E-state index contributed by atoms with van der Waals surface area (Å²) in [6, 6.07) is 0. The monoisotopic (exact) mass is 232 g/mol. The molecule has 0 aromatic carbocycles. The summed E-state index contributed by atoms with van der Waals surface area (Å²) < 4.78 is 11.8. The minimum Gasteiger partial charge on any atom is -0.347 e. The van der Waals surface area contributed by atoms with Crippen molar-refractivity contribution in [1.29, 1.82) is 0 Å². The Bertz CT molecular complexity index is 444. The molecule has 0 aromatic rings. The molecule has 1 saturated carbocycles. The van der Waals surface area contributed by atoms with Crippen LogP contribution in [0.4, 0.5) is 0 Å². The predicted molar refractivity (Wildman–Crippen MR) is 61.1 cm³/mol. The van der Waals surface area contributed by atoms with Gasteiger partial charge in [-0.05, 0) is 17.4 Å². The van der Waals surface area contributed by atoms with Gasteiger partial charge in [0.25, 0.3) is 0 Å². The summed E-state index contributed by atoms with van der Waals surface area (Å²) in [5.74, 6) is 0.195. The summed E-state index contributed by atoms with van der Waals surface area (Å²) in [5.41, 5.74) is 0.00637. The predicted octanol–water partition coefficient (Wildman–Crippen LogP) is 1.70. The normalized spacial score (nSPS) is 49.2. The molecule has 4 unspecified atom stereocenters. The van der Waals surface area contributed by atoms with Crippen molar-refractivity contribution in [2.24, 2.45) is 23.2 Å². The van der Waals surface area contributed by atoms with Gasteiger partial charge in [0.1, 0.15) is 0 Å². The molecule has 1 saturated heterocycles. The molecule has 5 aliphatic rings. The molecule has 2 bridgehead atoms. The lowest BCUT2D eigenvalue weighted by Gasteiger charge is -2.55. The number of ether oxygens (including phenoxy) is 2. The second-order valence-corrected chi connectivity index (χ2v) is 5.89. The molecule has 3 heteroatoms. The van der Waals surface area contributed by atoms with Crippen molar-refractivity contribution in [2.45, 2.75) is 19.1 Å². The Morgan fingerprint density at radius 2 is 2.00 bits per heavy atom. The van der Waals surface area contributed by atoms with Crippen LogP contribution in [-0.4, -0.2) is 24.8 Å². The first-order valence-corrected chi connectivity index (χ1v) is 6.34. The topological polar surface area (TPSA) is 35.5 Å². The minimum absolute atomic E-state index is 0.00637. The zero-order chi connectivity index (χ0) is 11.7. The van der Waals surface area contributed by atoms with E-state index in [1.807, 2.05) is 0 Å². The fourth-order valence-corrected chi connectivity index (χ4v) is 4.20. The number of carbonyl (C=O) groups is 1. The molecule has 4 atom stereocenters. The SMILES string of the molecule is CC12C=CC(C3C(=O)C=CC31)C1(C2)OCCO1. The van der Waals surface area contributed by atoms with E-state index in [2.05, 4.69) is 25.2 Å². The smallest absolute Gasteiger partial charge is 0.176 e. The fraction of sp³-hybridized carbons (Fsp3) is 0.643. The van der Waals surface area contributed by atoms with E-state index >= 15 is 0 Å². The molecule has 0 amide bonds. The van der Waals surface area contributed by atoms with Crippen LogP contribution < -0.4 is 0 Å². The first kappa shape index (κ1) is 10.0. The van der Waals surface area contributed by atoms with E-state index in [-0.39, 0.29) is 23.0 Å². The van der Waals surface area contributed by atoms with Gasteiger partial charge in [0.05, 0.1) is 13.2 Å². The van der Waals surface area contributed by atoms with Gasteiger partial charge in [-0.25, -0.2) is 0 Å². The Labute approximate surface area is 100 Å².